The molecule has 108 valence electrons. The van der Waals surface area contributed by atoms with Crippen molar-refractivity contribution in [3.05, 3.63) is 72.3 Å². The highest BCUT2D eigenvalue weighted by Gasteiger charge is 2.02. The molecule has 0 aliphatic heterocycles. The fourth-order valence-electron chi connectivity index (χ4n) is 2.43. The minimum atomic E-state index is 0.589. The van der Waals surface area contributed by atoms with Gasteiger partial charge >= 0.3 is 0 Å². The minimum absolute atomic E-state index is 0.589. The summed E-state index contributed by atoms with van der Waals surface area (Å²) in [5.41, 5.74) is 3.97. The predicted octanol–water partition coefficient (Wildman–Crippen LogP) is 6.66. The topological polar surface area (TPSA) is 0 Å². The monoisotopic (exact) mass is 276 g/mol. The Balaban J connectivity index is 0.000000774. The van der Waals surface area contributed by atoms with Crippen LogP contribution >= 0.6 is 0 Å². The molecule has 0 saturated carbocycles. The molecule has 0 aliphatic rings. The summed E-state index contributed by atoms with van der Waals surface area (Å²) in [5.74, 6) is 0.589. The molecule has 0 aliphatic carbocycles. The average Bonchev–Trinajstić information content (AvgIpc) is 2.56. The van der Waals surface area contributed by atoms with E-state index in [2.05, 4.69) is 80.6 Å². The van der Waals surface area contributed by atoms with Gasteiger partial charge in [-0.3, -0.25) is 0 Å². The Morgan fingerprint density at radius 1 is 0.619 bits per heavy atom. The molecule has 0 amide bonds. The van der Waals surface area contributed by atoms with Crippen LogP contribution < -0.4 is 0 Å². The first kappa shape index (κ1) is 15.3. The van der Waals surface area contributed by atoms with Gasteiger partial charge in [0.2, 0.25) is 0 Å². The molecule has 0 unspecified atom stereocenters. The van der Waals surface area contributed by atoms with E-state index in [0.29, 0.717) is 5.92 Å². The SMILES string of the molecule is CC.CC(C)c1ccc(-c2ccc3ccccc3c2)cc1. The lowest BCUT2D eigenvalue weighted by Gasteiger charge is -2.08. The van der Waals surface area contributed by atoms with E-state index in [1.165, 1.54) is 27.5 Å². The van der Waals surface area contributed by atoms with Gasteiger partial charge in [-0.25, -0.2) is 0 Å². The summed E-state index contributed by atoms with van der Waals surface area (Å²) in [6.07, 6.45) is 0. The lowest BCUT2D eigenvalue weighted by atomic mass is 9.97. The van der Waals surface area contributed by atoms with Crippen LogP contribution in [0.1, 0.15) is 39.2 Å². The molecule has 0 radical (unpaired) electrons. The van der Waals surface area contributed by atoms with Crippen molar-refractivity contribution in [2.45, 2.75) is 33.6 Å². The van der Waals surface area contributed by atoms with Gasteiger partial charge in [0.15, 0.2) is 0 Å². The molecule has 3 aromatic carbocycles. The maximum atomic E-state index is 2.26. The van der Waals surface area contributed by atoms with E-state index in [1.54, 1.807) is 0 Å². The highest BCUT2D eigenvalue weighted by Crippen LogP contribution is 2.26. The van der Waals surface area contributed by atoms with Crippen molar-refractivity contribution < 1.29 is 0 Å². The number of hydrogen-bond acceptors (Lipinski definition) is 0. The molecule has 0 fully saturated rings. The van der Waals surface area contributed by atoms with E-state index in [4.69, 9.17) is 0 Å². The highest BCUT2D eigenvalue weighted by atomic mass is 14.1. The van der Waals surface area contributed by atoms with Crippen LogP contribution in [0, 0.1) is 0 Å². The second kappa shape index (κ2) is 7.08. The van der Waals surface area contributed by atoms with Crippen molar-refractivity contribution in [2.24, 2.45) is 0 Å². The van der Waals surface area contributed by atoms with Crippen LogP contribution in [0.2, 0.25) is 0 Å². The van der Waals surface area contributed by atoms with Crippen molar-refractivity contribution in [1.29, 1.82) is 0 Å². The molecule has 0 aromatic heterocycles. The van der Waals surface area contributed by atoms with Gasteiger partial charge in [-0.1, -0.05) is 88.4 Å². The summed E-state index contributed by atoms with van der Waals surface area (Å²) in [5, 5.41) is 2.60. The Kier molecular flexibility index (Phi) is 5.16. The second-order valence-electron chi connectivity index (χ2n) is 5.34. The lowest BCUT2D eigenvalue weighted by molar-refractivity contribution is 0.867. The van der Waals surface area contributed by atoms with Gasteiger partial charge in [-0.2, -0.15) is 0 Å². The molecule has 0 heteroatoms. The van der Waals surface area contributed by atoms with E-state index in [0.717, 1.165) is 0 Å². The lowest BCUT2D eigenvalue weighted by Crippen LogP contribution is -1.86. The van der Waals surface area contributed by atoms with Crippen molar-refractivity contribution >= 4 is 10.8 Å². The van der Waals surface area contributed by atoms with Gasteiger partial charge in [-0.05, 0) is 39.4 Å². The Morgan fingerprint density at radius 3 is 1.81 bits per heavy atom. The van der Waals surface area contributed by atoms with Crippen molar-refractivity contribution in [1.82, 2.24) is 0 Å². The molecule has 0 heterocycles. The van der Waals surface area contributed by atoms with Gasteiger partial charge < -0.3 is 0 Å². The first-order chi connectivity index (χ1) is 10.2. The largest absolute Gasteiger partial charge is 0.0683 e. The van der Waals surface area contributed by atoms with Crippen LogP contribution in [-0.4, -0.2) is 0 Å². The Morgan fingerprint density at radius 2 is 1.19 bits per heavy atom. The van der Waals surface area contributed by atoms with Gasteiger partial charge in [-0.15, -0.1) is 0 Å². The third-order valence-corrected chi connectivity index (χ3v) is 3.66. The Bertz CT molecular complexity index is 691. The maximum Gasteiger partial charge on any atom is -0.0178 e. The zero-order valence-corrected chi connectivity index (χ0v) is 13.4. The van der Waals surface area contributed by atoms with E-state index < -0.39 is 0 Å². The molecular weight excluding hydrogens is 252 g/mol. The molecule has 21 heavy (non-hydrogen) atoms. The van der Waals surface area contributed by atoms with Crippen LogP contribution in [0.5, 0.6) is 0 Å². The quantitative estimate of drug-likeness (QED) is 0.491. The third-order valence-electron chi connectivity index (χ3n) is 3.66. The molecule has 3 rings (SSSR count). The van der Waals surface area contributed by atoms with Gasteiger partial charge in [0, 0.05) is 0 Å². The molecular formula is C21H24. The normalized spacial score (nSPS) is 10.3. The maximum absolute atomic E-state index is 2.26. The molecule has 0 nitrogen and oxygen atoms in total. The summed E-state index contributed by atoms with van der Waals surface area (Å²) in [7, 11) is 0. The number of rotatable bonds is 2. The first-order valence-electron chi connectivity index (χ1n) is 7.83. The molecule has 0 spiro atoms. The van der Waals surface area contributed by atoms with Crippen molar-refractivity contribution in [2.75, 3.05) is 0 Å². The molecule has 0 saturated heterocycles. The van der Waals surface area contributed by atoms with Crippen LogP contribution in [0.15, 0.2) is 66.7 Å². The summed E-state index contributed by atoms with van der Waals surface area (Å²) < 4.78 is 0. The van der Waals surface area contributed by atoms with Crippen LogP contribution in [0.3, 0.4) is 0 Å². The summed E-state index contributed by atoms with van der Waals surface area (Å²) in [6.45, 7) is 8.45. The zero-order chi connectivity index (χ0) is 15.2. The molecule has 0 N–H and O–H groups in total. The third kappa shape index (κ3) is 3.52. The Hall–Kier alpha value is -2.08. The summed E-state index contributed by atoms with van der Waals surface area (Å²) in [4.78, 5) is 0. The predicted molar refractivity (Wildman–Crippen MR) is 94.8 cm³/mol. The zero-order valence-electron chi connectivity index (χ0n) is 13.4. The smallest absolute Gasteiger partial charge is 0.0178 e. The second-order valence-corrected chi connectivity index (χ2v) is 5.34. The number of hydrogen-bond donors (Lipinski definition) is 0. The van der Waals surface area contributed by atoms with Crippen molar-refractivity contribution in [3.8, 4) is 11.1 Å². The van der Waals surface area contributed by atoms with Crippen molar-refractivity contribution in [3.63, 3.8) is 0 Å². The highest BCUT2D eigenvalue weighted by molar-refractivity contribution is 5.87. The minimum Gasteiger partial charge on any atom is -0.0683 e. The number of fused-ring (bicyclic) bond motifs is 1. The summed E-state index contributed by atoms with van der Waals surface area (Å²) >= 11 is 0. The van der Waals surface area contributed by atoms with Gasteiger partial charge in [0.1, 0.15) is 0 Å². The van der Waals surface area contributed by atoms with E-state index in [9.17, 15) is 0 Å². The Labute approximate surface area is 128 Å². The van der Waals surface area contributed by atoms with Crippen LogP contribution in [-0.2, 0) is 0 Å². The van der Waals surface area contributed by atoms with E-state index >= 15 is 0 Å². The van der Waals surface area contributed by atoms with Gasteiger partial charge in [0.25, 0.3) is 0 Å². The fraction of sp³-hybridized carbons (Fsp3) is 0.238. The van der Waals surface area contributed by atoms with E-state index in [1.807, 2.05) is 13.8 Å². The molecule has 0 atom stereocenters. The number of benzene rings is 3. The molecule has 3 aromatic rings. The summed E-state index contributed by atoms with van der Waals surface area (Å²) in [6, 6.07) is 24.1. The van der Waals surface area contributed by atoms with Crippen LogP contribution in [0.25, 0.3) is 21.9 Å². The first-order valence-corrected chi connectivity index (χ1v) is 7.83. The standard InChI is InChI=1S/C19H18.C2H6/c1-14(2)15-7-9-17(10-8-15)19-12-11-16-5-3-4-6-18(16)13-19;1-2/h3-14H,1-2H3;1-2H3. The van der Waals surface area contributed by atoms with E-state index in [-0.39, 0.29) is 0 Å². The van der Waals surface area contributed by atoms with Crippen LogP contribution in [0.4, 0.5) is 0 Å². The molecule has 0 bridgehead atoms. The average molecular weight is 276 g/mol. The van der Waals surface area contributed by atoms with Gasteiger partial charge in [0.05, 0.1) is 0 Å². The fourth-order valence-corrected chi connectivity index (χ4v) is 2.43.